The number of alkyl halides is 1. The predicted molar refractivity (Wildman–Crippen MR) is 63.9 cm³/mol. The Kier molecular flexibility index (Phi) is 4.08. The predicted octanol–water partition coefficient (Wildman–Crippen LogP) is 2.54. The molecule has 2 rings (SSSR count). The second-order valence-corrected chi connectivity index (χ2v) is 6.58. The van der Waals surface area contributed by atoms with Crippen molar-refractivity contribution in [3.05, 3.63) is 29.6 Å². The van der Waals surface area contributed by atoms with Gasteiger partial charge in [0.15, 0.2) is 4.90 Å². The SMILES string of the molecule is O=S(=O)(NC1CCCC1Cl)c1c(F)cc(F)cc1F. The maximum absolute atomic E-state index is 13.4. The molecule has 2 atom stereocenters. The first kappa shape index (κ1) is 14.6. The van der Waals surface area contributed by atoms with Gasteiger partial charge in [0.05, 0.1) is 0 Å². The Balaban J connectivity index is 2.34. The number of benzene rings is 1. The molecule has 8 heteroatoms. The average Bonchev–Trinajstić information content (AvgIpc) is 2.61. The molecule has 0 aromatic heterocycles. The zero-order chi connectivity index (χ0) is 14.2. The molecule has 0 radical (unpaired) electrons. The van der Waals surface area contributed by atoms with E-state index in [2.05, 4.69) is 4.72 Å². The molecule has 0 heterocycles. The van der Waals surface area contributed by atoms with Crippen LogP contribution in [-0.2, 0) is 10.0 Å². The topological polar surface area (TPSA) is 46.2 Å². The van der Waals surface area contributed by atoms with Crippen molar-refractivity contribution in [1.82, 2.24) is 4.72 Å². The first-order valence-corrected chi connectivity index (χ1v) is 7.54. The molecule has 1 N–H and O–H groups in total. The van der Waals surface area contributed by atoms with Gasteiger partial charge in [0, 0.05) is 23.6 Å². The molecule has 106 valence electrons. The lowest BCUT2D eigenvalue weighted by Gasteiger charge is -2.16. The van der Waals surface area contributed by atoms with Gasteiger partial charge in [-0.2, -0.15) is 0 Å². The molecule has 2 unspecified atom stereocenters. The van der Waals surface area contributed by atoms with Crippen LogP contribution in [0.1, 0.15) is 19.3 Å². The zero-order valence-electron chi connectivity index (χ0n) is 9.67. The van der Waals surface area contributed by atoms with Crippen molar-refractivity contribution in [2.24, 2.45) is 0 Å². The van der Waals surface area contributed by atoms with Gasteiger partial charge in [0.25, 0.3) is 0 Å². The van der Waals surface area contributed by atoms with E-state index in [1.54, 1.807) is 0 Å². The van der Waals surface area contributed by atoms with Crippen LogP contribution in [0.4, 0.5) is 13.2 Å². The van der Waals surface area contributed by atoms with Crippen LogP contribution < -0.4 is 4.72 Å². The summed E-state index contributed by atoms with van der Waals surface area (Å²) in [5.41, 5.74) is 0. The molecule has 1 aromatic rings. The summed E-state index contributed by atoms with van der Waals surface area (Å²) in [6.07, 6.45) is 1.86. The first-order chi connectivity index (χ1) is 8.81. The van der Waals surface area contributed by atoms with Crippen molar-refractivity contribution >= 4 is 21.6 Å². The first-order valence-electron chi connectivity index (χ1n) is 5.62. The van der Waals surface area contributed by atoms with E-state index >= 15 is 0 Å². The quantitative estimate of drug-likeness (QED) is 0.872. The van der Waals surface area contributed by atoms with Crippen molar-refractivity contribution in [3.63, 3.8) is 0 Å². The minimum absolute atomic E-state index is 0.324. The van der Waals surface area contributed by atoms with Crippen LogP contribution >= 0.6 is 11.6 Å². The van der Waals surface area contributed by atoms with Gasteiger partial charge in [-0.15, -0.1) is 11.6 Å². The highest BCUT2D eigenvalue weighted by atomic mass is 35.5. The van der Waals surface area contributed by atoms with Crippen molar-refractivity contribution < 1.29 is 21.6 Å². The molecule has 0 aliphatic heterocycles. The second kappa shape index (κ2) is 5.30. The zero-order valence-corrected chi connectivity index (χ0v) is 11.2. The lowest BCUT2D eigenvalue weighted by Crippen LogP contribution is -2.38. The van der Waals surface area contributed by atoms with E-state index in [-0.39, 0.29) is 0 Å². The Morgan fingerprint density at radius 1 is 1.16 bits per heavy atom. The van der Waals surface area contributed by atoms with Crippen molar-refractivity contribution in [1.29, 1.82) is 0 Å². The Labute approximate surface area is 113 Å². The van der Waals surface area contributed by atoms with Crippen molar-refractivity contribution in [2.75, 3.05) is 0 Å². The molecule has 0 spiro atoms. The van der Waals surface area contributed by atoms with E-state index in [0.717, 1.165) is 6.42 Å². The molecule has 0 saturated heterocycles. The Bertz CT molecular complexity index is 571. The summed E-state index contributed by atoms with van der Waals surface area (Å²) >= 11 is 5.90. The number of rotatable bonds is 3. The third-order valence-electron chi connectivity index (χ3n) is 2.97. The van der Waals surface area contributed by atoms with E-state index in [1.165, 1.54) is 0 Å². The molecule has 0 bridgehead atoms. The summed E-state index contributed by atoms with van der Waals surface area (Å²) in [5, 5.41) is -0.415. The van der Waals surface area contributed by atoms with E-state index in [0.29, 0.717) is 25.0 Å². The molecule has 1 aliphatic rings. The van der Waals surface area contributed by atoms with Crippen LogP contribution in [0.2, 0.25) is 0 Å². The third kappa shape index (κ3) is 3.04. The summed E-state index contributed by atoms with van der Waals surface area (Å²) in [5.74, 6) is -4.10. The van der Waals surface area contributed by atoms with Gasteiger partial charge in [-0.1, -0.05) is 6.42 Å². The standard InChI is InChI=1S/C11H11ClF3NO2S/c12-7-2-1-3-10(7)16-19(17,18)11-8(14)4-6(13)5-9(11)15/h4-5,7,10,16H,1-3H2. The smallest absolute Gasteiger partial charge is 0.207 e. The maximum atomic E-state index is 13.4. The van der Waals surface area contributed by atoms with E-state index in [4.69, 9.17) is 11.6 Å². The Morgan fingerprint density at radius 2 is 1.74 bits per heavy atom. The molecule has 1 aromatic carbocycles. The van der Waals surface area contributed by atoms with Crippen LogP contribution in [0.15, 0.2) is 17.0 Å². The monoisotopic (exact) mass is 313 g/mol. The molecule has 3 nitrogen and oxygen atoms in total. The normalized spacial score (nSPS) is 23.8. The van der Waals surface area contributed by atoms with Gasteiger partial charge in [-0.05, 0) is 12.8 Å². The van der Waals surface area contributed by atoms with Crippen LogP contribution in [0.25, 0.3) is 0 Å². The highest BCUT2D eigenvalue weighted by molar-refractivity contribution is 7.89. The van der Waals surface area contributed by atoms with Gasteiger partial charge in [-0.25, -0.2) is 26.3 Å². The fourth-order valence-corrected chi connectivity index (χ4v) is 3.94. The average molecular weight is 314 g/mol. The van der Waals surface area contributed by atoms with Gasteiger partial charge < -0.3 is 0 Å². The highest BCUT2D eigenvalue weighted by Crippen LogP contribution is 2.27. The molecule has 1 aliphatic carbocycles. The summed E-state index contributed by atoms with van der Waals surface area (Å²) in [6, 6.07) is 0.0742. The van der Waals surface area contributed by atoms with E-state index in [9.17, 15) is 21.6 Å². The lowest BCUT2D eigenvalue weighted by atomic mass is 10.3. The highest BCUT2D eigenvalue weighted by Gasteiger charge is 2.33. The number of nitrogens with one attached hydrogen (secondary N) is 1. The van der Waals surface area contributed by atoms with Gasteiger partial charge in [0.1, 0.15) is 17.5 Å². The molecule has 0 amide bonds. The summed E-state index contributed by atoms with van der Waals surface area (Å²) in [4.78, 5) is -1.18. The lowest BCUT2D eigenvalue weighted by molar-refractivity contribution is 0.489. The summed E-state index contributed by atoms with van der Waals surface area (Å²) in [7, 11) is -4.41. The number of halogens is 4. The van der Waals surface area contributed by atoms with Gasteiger partial charge in [0.2, 0.25) is 10.0 Å². The van der Waals surface area contributed by atoms with E-state index in [1.807, 2.05) is 0 Å². The number of hydrogen-bond donors (Lipinski definition) is 1. The van der Waals surface area contributed by atoms with Crippen molar-refractivity contribution in [2.45, 2.75) is 35.6 Å². The van der Waals surface area contributed by atoms with Crippen LogP contribution in [0.5, 0.6) is 0 Å². The molecular weight excluding hydrogens is 303 g/mol. The van der Waals surface area contributed by atoms with Crippen LogP contribution in [0, 0.1) is 17.5 Å². The summed E-state index contributed by atoms with van der Waals surface area (Å²) in [6.45, 7) is 0. The second-order valence-electron chi connectivity index (χ2n) is 4.37. The van der Waals surface area contributed by atoms with Crippen LogP contribution in [0.3, 0.4) is 0 Å². The largest absolute Gasteiger partial charge is 0.246 e. The minimum Gasteiger partial charge on any atom is -0.207 e. The van der Waals surface area contributed by atoms with Gasteiger partial charge >= 0.3 is 0 Å². The van der Waals surface area contributed by atoms with Gasteiger partial charge in [-0.3, -0.25) is 0 Å². The molecule has 19 heavy (non-hydrogen) atoms. The van der Waals surface area contributed by atoms with Crippen LogP contribution in [-0.4, -0.2) is 19.8 Å². The number of sulfonamides is 1. The molecular formula is C11H11ClF3NO2S. The fraction of sp³-hybridized carbons (Fsp3) is 0.455. The van der Waals surface area contributed by atoms with Crippen molar-refractivity contribution in [3.8, 4) is 0 Å². The minimum atomic E-state index is -4.41. The number of hydrogen-bond acceptors (Lipinski definition) is 2. The van der Waals surface area contributed by atoms with E-state index < -0.39 is 43.8 Å². The maximum Gasteiger partial charge on any atom is 0.246 e. The molecule has 1 fully saturated rings. The Hall–Kier alpha value is -0.790. The Morgan fingerprint density at radius 3 is 2.21 bits per heavy atom. The summed E-state index contributed by atoms with van der Waals surface area (Å²) < 4.78 is 65.6. The fourth-order valence-electron chi connectivity index (χ4n) is 2.09. The third-order valence-corrected chi connectivity index (χ3v) is 5.03. The molecule has 1 saturated carbocycles.